The van der Waals surface area contributed by atoms with Crippen LogP contribution in [0, 0.1) is 87.7 Å². The maximum atomic E-state index is 8.25. The number of rotatable bonds is 0. The monoisotopic (exact) mass is 563 g/mol. The van der Waals surface area contributed by atoms with Crippen LogP contribution in [0.3, 0.4) is 0 Å². The number of hydrogen-bond acceptors (Lipinski definition) is 14. The van der Waals surface area contributed by atoms with Crippen molar-refractivity contribution in [2.24, 2.45) is 20.7 Å². The fraction of sp³-hybridized carbons (Fsp3) is 0.143. The summed E-state index contributed by atoms with van der Waals surface area (Å²) in [5, 5.41) is 58.5. The molecule has 2 rings (SSSR count). The van der Waals surface area contributed by atoms with Crippen molar-refractivity contribution in [3.05, 3.63) is 81.9 Å². The van der Waals surface area contributed by atoms with Crippen LogP contribution in [0.25, 0.3) is 0 Å². The van der Waals surface area contributed by atoms with Gasteiger partial charge >= 0.3 is 41.7 Å². The van der Waals surface area contributed by atoms with E-state index in [1.54, 1.807) is 0 Å². The van der Waals surface area contributed by atoms with Crippen LogP contribution in [-0.4, -0.2) is 27.2 Å². The zero-order valence-corrected chi connectivity index (χ0v) is 17.5. The topological polar surface area (TPSA) is 383 Å². The van der Waals surface area contributed by atoms with Crippen molar-refractivity contribution in [1.82, 2.24) is 4.90 Å². The second kappa shape index (κ2) is 27.3. The minimum atomic E-state index is -1.75. The van der Waals surface area contributed by atoms with Gasteiger partial charge in [0.1, 0.15) is 0 Å². The number of nitrogens with zero attached hydrogens (tertiary/aromatic N) is 8. The van der Waals surface area contributed by atoms with E-state index in [9.17, 15) is 0 Å². The summed E-state index contributed by atoms with van der Waals surface area (Å²) in [5.74, 6) is 0.565. The Bertz CT molecular complexity index is 535. The van der Waals surface area contributed by atoms with E-state index in [4.69, 9.17) is 46.0 Å². The molecular formula is C7H19CeN8O13+4. The van der Waals surface area contributed by atoms with Crippen molar-refractivity contribution >= 4 is 0 Å². The molecule has 21 nitrogen and oxygen atoms in total. The van der Waals surface area contributed by atoms with E-state index < -0.39 is 15.3 Å². The van der Waals surface area contributed by atoms with E-state index in [1.807, 2.05) is 36.5 Å². The molecule has 2 heterocycles. The SMILES string of the molecule is CN1C=CC(=C2N=NN=N2)C=C1.O=[N+]([O-])[O-].O=[N+]([O-])[O-].O=[N+]([O-])[O-].[Ce+3].[OH3+].[OH3+].[OH3+].[OH3+]. The Kier molecular flexibility index (Phi) is 42.3. The molecule has 0 aromatic rings. The van der Waals surface area contributed by atoms with Gasteiger partial charge in [0.25, 0.3) is 0 Å². The molecule has 0 unspecified atom stereocenters. The fourth-order valence-corrected chi connectivity index (χ4v) is 0.910. The Balaban J connectivity index is -0.0000000495. The summed E-state index contributed by atoms with van der Waals surface area (Å²) in [4.78, 5) is 26.7. The van der Waals surface area contributed by atoms with Crippen LogP contribution < -0.4 is 0 Å². The minimum Gasteiger partial charge on any atom is -0.457 e. The number of allylic oxidation sites excluding steroid dienone is 3. The Morgan fingerprint density at radius 1 is 0.724 bits per heavy atom. The average molecular weight is 563 g/mol. The quantitative estimate of drug-likeness (QED) is 0.171. The van der Waals surface area contributed by atoms with Gasteiger partial charge < -0.3 is 72.8 Å². The van der Waals surface area contributed by atoms with Gasteiger partial charge in [-0.3, -0.25) is 0 Å². The molecule has 2 aliphatic heterocycles. The molecule has 2 aliphatic rings. The molecule has 12 N–H and O–H groups in total. The zero-order valence-electron chi connectivity index (χ0n) is 14.4. The van der Waals surface area contributed by atoms with Crippen molar-refractivity contribution in [2.45, 2.75) is 0 Å². The first-order valence-corrected chi connectivity index (χ1v) is 5.15. The predicted molar refractivity (Wildman–Crippen MR) is 93.4 cm³/mol. The molecule has 1 radical (unpaired) electrons. The molecular weight excluding hydrogens is 544 g/mol. The van der Waals surface area contributed by atoms with E-state index in [1.165, 1.54) is 0 Å². The van der Waals surface area contributed by atoms with Crippen molar-refractivity contribution in [3.8, 4) is 0 Å². The molecule has 165 valence electrons. The van der Waals surface area contributed by atoms with Gasteiger partial charge in [0.15, 0.2) is 0 Å². The van der Waals surface area contributed by atoms with Gasteiger partial charge in [-0.15, -0.1) is 10.2 Å². The number of hydrogen-bond donors (Lipinski definition) is 0. The van der Waals surface area contributed by atoms with Gasteiger partial charge in [-0.05, 0) is 22.6 Å². The first kappa shape index (κ1) is 45.0. The van der Waals surface area contributed by atoms with Crippen LogP contribution >= 0.6 is 0 Å². The van der Waals surface area contributed by atoms with Gasteiger partial charge in [0.2, 0.25) is 5.82 Å². The normalized spacial score (nSPS) is 10.7. The third-order valence-electron chi connectivity index (χ3n) is 1.56. The average Bonchev–Trinajstić information content (AvgIpc) is 2.91. The van der Waals surface area contributed by atoms with Crippen molar-refractivity contribution in [3.63, 3.8) is 0 Å². The Morgan fingerprint density at radius 3 is 1.21 bits per heavy atom. The van der Waals surface area contributed by atoms with Gasteiger partial charge in [-0.1, -0.05) is 0 Å². The molecule has 0 aromatic heterocycles. The Morgan fingerprint density at radius 2 is 0.966 bits per heavy atom. The Hall–Kier alpha value is -2.96. The summed E-state index contributed by atoms with van der Waals surface area (Å²) in [6.07, 6.45) is 7.68. The molecule has 0 fully saturated rings. The second-order valence-corrected chi connectivity index (χ2v) is 3.13. The van der Waals surface area contributed by atoms with Crippen molar-refractivity contribution in [2.75, 3.05) is 7.05 Å². The van der Waals surface area contributed by atoms with Crippen LogP contribution in [0.15, 0.2) is 56.6 Å². The molecule has 0 saturated heterocycles. The van der Waals surface area contributed by atoms with Gasteiger partial charge in [0, 0.05) is 25.0 Å². The van der Waals surface area contributed by atoms with Crippen molar-refractivity contribution in [1.29, 1.82) is 0 Å². The van der Waals surface area contributed by atoms with E-state index in [2.05, 4.69) is 20.7 Å². The molecule has 22 heteroatoms. The summed E-state index contributed by atoms with van der Waals surface area (Å²) < 4.78 is 0. The van der Waals surface area contributed by atoms with Crippen molar-refractivity contribution < 1.29 is 78.9 Å². The van der Waals surface area contributed by atoms with Crippen LogP contribution in [0.1, 0.15) is 0 Å². The summed E-state index contributed by atoms with van der Waals surface area (Å²) in [5.41, 5.74) is 0.929. The van der Waals surface area contributed by atoms with Gasteiger partial charge in [-0.2, -0.15) is 0 Å². The van der Waals surface area contributed by atoms with E-state index in [0.29, 0.717) is 5.82 Å². The molecule has 29 heavy (non-hydrogen) atoms. The standard InChI is InChI=1S/C7H7N5.Ce.3NO3.4H2O/c1-12-4-2-6(3-5-12)7-8-10-11-9-7;;3*2-1(3)4;;;;/h2-5H,1H3;;;;;4*1H2/q;+3;3*-1;;;;/p+4. The maximum Gasteiger partial charge on any atom is 3.00 e. The molecule has 0 aliphatic carbocycles. The fourth-order valence-electron chi connectivity index (χ4n) is 0.910. The minimum absolute atomic E-state index is 0. The summed E-state index contributed by atoms with van der Waals surface area (Å²) in [6.45, 7) is 0. The molecule has 0 amide bonds. The summed E-state index contributed by atoms with van der Waals surface area (Å²) in [6, 6.07) is 0. The second-order valence-electron chi connectivity index (χ2n) is 3.13. The largest absolute Gasteiger partial charge is 3.00 e. The first-order valence-electron chi connectivity index (χ1n) is 5.15. The third kappa shape index (κ3) is 40.8. The Labute approximate surface area is 192 Å². The van der Waals surface area contributed by atoms with E-state index in [0.717, 1.165) is 5.57 Å². The van der Waals surface area contributed by atoms with Crippen LogP contribution in [-0.2, 0) is 21.9 Å². The molecule has 0 bridgehead atoms. The smallest absolute Gasteiger partial charge is 0.457 e. The van der Waals surface area contributed by atoms with Gasteiger partial charge in [0.05, 0.1) is 15.3 Å². The molecule has 0 aromatic carbocycles. The van der Waals surface area contributed by atoms with E-state index in [-0.39, 0.29) is 63.7 Å². The van der Waals surface area contributed by atoms with Crippen LogP contribution in [0.2, 0.25) is 0 Å². The summed E-state index contributed by atoms with van der Waals surface area (Å²) >= 11 is 0. The van der Waals surface area contributed by atoms with Crippen LogP contribution in [0.4, 0.5) is 0 Å². The molecule has 0 spiro atoms. The van der Waals surface area contributed by atoms with Gasteiger partial charge in [-0.25, -0.2) is 0 Å². The predicted octanol–water partition coefficient (Wildman–Crippen LogP) is -2.40. The zero-order chi connectivity index (χ0) is 19.1. The van der Waals surface area contributed by atoms with E-state index >= 15 is 0 Å². The third-order valence-corrected chi connectivity index (χ3v) is 1.56. The molecule has 0 atom stereocenters. The first-order chi connectivity index (χ1) is 11.1. The van der Waals surface area contributed by atoms with Crippen LogP contribution in [0.5, 0.6) is 0 Å². The summed E-state index contributed by atoms with van der Waals surface area (Å²) in [7, 11) is 1.95. The molecule has 0 saturated carbocycles. The maximum absolute atomic E-state index is 8.25.